The third-order valence-electron chi connectivity index (χ3n) is 6.55. The molecule has 0 saturated heterocycles. The van der Waals surface area contributed by atoms with E-state index in [9.17, 15) is 18.3 Å². The SMILES string of the molecule is COc1ccc(Cl)cc1S(=O)(=O)N(C)Cc1cccc(-n2ncc(C(=O)O)c2[C@@H]2C[C@H]2c2cn(C)nn2)c1. The Hall–Kier alpha value is -3.74. The lowest BCUT2D eigenvalue weighted by Crippen LogP contribution is -2.27. The van der Waals surface area contributed by atoms with Crippen LogP contribution >= 0.6 is 11.6 Å². The Labute approximate surface area is 224 Å². The van der Waals surface area contributed by atoms with Gasteiger partial charge in [0.15, 0.2) is 0 Å². The molecule has 198 valence electrons. The monoisotopic (exact) mass is 556 g/mol. The Morgan fingerprint density at radius 1 is 1.24 bits per heavy atom. The van der Waals surface area contributed by atoms with Crippen LogP contribution in [0.4, 0.5) is 0 Å². The number of carboxylic acid groups (broad SMARTS) is 1. The zero-order valence-electron chi connectivity index (χ0n) is 20.8. The van der Waals surface area contributed by atoms with Crippen LogP contribution in [-0.2, 0) is 23.6 Å². The summed E-state index contributed by atoms with van der Waals surface area (Å²) in [6, 6.07) is 11.6. The summed E-state index contributed by atoms with van der Waals surface area (Å²) in [7, 11) is 0.727. The molecule has 1 N–H and O–H groups in total. The minimum Gasteiger partial charge on any atom is -0.495 e. The number of hydrogen-bond acceptors (Lipinski definition) is 7. The first-order valence-electron chi connectivity index (χ1n) is 11.7. The molecule has 0 amide bonds. The number of sulfonamides is 1. The summed E-state index contributed by atoms with van der Waals surface area (Å²) >= 11 is 6.05. The highest BCUT2D eigenvalue weighted by atomic mass is 35.5. The minimum atomic E-state index is -3.93. The lowest BCUT2D eigenvalue weighted by Gasteiger charge is -2.19. The second-order valence-electron chi connectivity index (χ2n) is 9.15. The molecule has 1 aliphatic carbocycles. The number of benzene rings is 2. The predicted molar refractivity (Wildman–Crippen MR) is 138 cm³/mol. The molecule has 0 bridgehead atoms. The lowest BCUT2D eigenvalue weighted by molar-refractivity contribution is 0.0695. The molecule has 1 saturated carbocycles. The normalized spacial score (nSPS) is 17.1. The number of carboxylic acids is 1. The average Bonchev–Trinajstić information content (AvgIpc) is 3.33. The maximum Gasteiger partial charge on any atom is 0.339 e. The minimum absolute atomic E-state index is 0.0320. The third-order valence-corrected chi connectivity index (χ3v) is 8.61. The van der Waals surface area contributed by atoms with Gasteiger partial charge in [-0.05, 0) is 42.3 Å². The number of aromatic nitrogens is 5. The predicted octanol–water partition coefficient (Wildman–Crippen LogP) is 3.45. The first-order chi connectivity index (χ1) is 18.1. The molecule has 5 rings (SSSR count). The van der Waals surface area contributed by atoms with Gasteiger partial charge < -0.3 is 9.84 Å². The highest BCUT2D eigenvalue weighted by Gasteiger charge is 2.46. The molecule has 1 fully saturated rings. The Bertz CT molecular complexity index is 1630. The molecule has 0 spiro atoms. The smallest absolute Gasteiger partial charge is 0.339 e. The highest BCUT2D eigenvalue weighted by molar-refractivity contribution is 7.89. The number of hydrogen-bond donors (Lipinski definition) is 1. The molecular weight excluding hydrogens is 532 g/mol. The molecule has 13 heteroatoms. The van der Waals surface area contributed by atoms with Gasteiger partial charge in [0.2, 0.25) is 10.0 Å². The summed E-state index contributed by atoms with van der Waals surface area (Å²) in [5, 5.41) is 22.7. The third kappa shape index (κ3) is 4.77. The van der Waals surface area contributed by atoms with E-state index < -0.39 is 16.0 Å². The van der Waals surface area contributed by atoms with Crippen LogP contribution in [0.1, 0.15) is 45.6 Å². The molecule has 0 radical (unpaired) electrons. The zero-order chi connectivity index (χ0) is 27.2. The van der Waals surface area contributed by atoms with Crippen LogP contribution < -0.4 is 4.74 Å². The van der Waals surface area contributed by atoms with Gasteiger partial charge in [0, 0.05) is 43.7 Å². The molecule has 38 heavy (non-hydrogen) atoms. The topological polar surface area (TPSA) is 132 Å². The van der Waals surface area contributed by atoms with E-state index in [1.165, 1.54) is 36.8 Å². The van der Waals surface area contributed by atoms with Gasteiger partial charge in [0.05, 0.1) is 30.4 Å². The maximum atomic E-state index is 13.3. The number of halogens is 1. The van der Waals surface area contributed by atoms with Crippen molar-refractivity contribution in [3.63, 3.8) is 0 Å². The standard InChI is InChI=1S/C25H25ClN6O5S/c1-30-14-21(28-29-30)18-11-19(18)24-20(25(33)34)12-27-32(24)17-6-4-5-15(9-17)13-31(2)38(35,36)23-10-16(26)7-8-22(23)37-3/h4-10,12,14,18-19H,11,13H2,1-3H3,(H,33,34)/t18-,19-/m1/s1. The molecule has 2 aromatic heterocycles. The van der Waals surface area contributed by atoms with Crippen molar-refractivity contribution in [3.8, 4) is 11.4 Å². The van der Waals surface area contributed by atoms with Crippen LogP contribution in [-0.4, -0.2) is 62.7 Å². The molecular formula is C25H25ClN6O5S. The van der Waals surface area contributed by atoms with E-state index >= 15 is 0 Å². The van der Waals surface area contributed by atoms with Crippen molar-refractivity contribution in [2.75, 3.05) is 14.2 Å². The molecule has 2 aromatic carbocycles. The van der Waals surface area contributed by atoms with Crippen LogP contribution in [0.3, 0.4) is 0 Å². The van der Waals surface area contributed by atoms with Crippen molar-refractivity contribution in [2.45, 2.75) is 29.7 Å². The number of methoxy groups -OCH3 is 1. The zero-order valence-corrected chi connectivity index (χ0v) is 22.4. The number of aryl methyl sites for hydroxylation is 1. The second-order valence-corrected chi connectivity index (χ2v) is 11.6. The molecule has 4 aromatic rings. The fourth-order valence-electron chi connectivity index (χ4n) is 4.59. The number of nitrogens with zero attached hydrogens (tertiary/aromatic N) is 6. The van der Waals surface area contributed by atoms with E-state index in [1.807, 2.05) is 6.20 Å². The molecule has 1 aliphatic rings. The first-order valence-corrected chi connectivity index (χ1v) is 13.5. The van der Waals surface area contributed by atoms with Crippen LogP contribution in [0.5, 0.6) is 5.75 Å². The first kappa shape index (κ1) is 25.9. The van der Waals surface area contributed by atoms with E-state index in [1.54, 1.807) is 46.7 Å². The van der Waals surface area contributed by atoms with Crippen molar-refractivity contribution < 1.29 is 23.1 Å². The number of carbonyl (C=O) groups is 1. The number of aromatic carboxylic acids is 1. The van der Waals surface area contributed by atoms with Gasteiger partial charge in [-0.25, -0.2) is 17.9 Å². The number of ether oxygens (including phenoxy) is 1. The summed E-state index contributed by atoms with van der Waals surface area (Å²) in [4.78, 5) is 12.0. The molecule has 2 atom stereocenters. The van der Waals surface area contributed by atoms with Gasteiger partial charge in [0.25, 0.3) is 0 Å². The van der Waals surface area contributed by atoms with Gasteiger partial charge in [-0.1, -0.05) is 28.9 Å². The average molecular weight is 557 g/mol. The summed E-state index contributed by atoms with van der Waals surface area (Å²) in [6.07, 6.45) is 3.91. The summed E-state index contributed by atoms with van der Waals surface area (Å²) in [6.45, 7) is 0.0554. The summed E-state index contributed by atoms with van der Waals surface area (Å²) in [5.74, 6) is -0.903. The van der Waals surface area contributed by atoms with Crippen molar-refractivity contribution in [1.82, 2.24) is 29.1 Å². The van der Waals surface area contributed by atoms with Gasteiger partial charge in [-0.3, -0.25) is 4.68 Å². The largest absolute Gasteiger partial charge is 0.495 e. The van der Waals surface area contributed by atoms with Crippen LogP contribution in [0.2, 0.25) is 5.02 Å². The van der Waals surface area contributed by atoms with Crippen molar-refractivity contribution >= 4 is 27.6 Å². The molecule has 0 unspecified atom stereocenters. The van der Waals surface area contributed by atoms with Crippen molar-refractivity contribution in [3.05, 3.63) is 82.4 Å². The fourth-order valence-corrected chi connectivity index (χ4v) is 6.17. The van der Waals surface area contributed by atoms with Crippen LogP contribution in [0.25, 0.3) is 5.69 Å². The van der Waals surface area contributed by atoms with Gasteiger partial charge in [0.1, 0.15) is 16.2 Å². The van der Waals surface area contributed by atoms with Gasteiger partial charge in [-0.2, -0.15) is 9.40 Å². The quantitative estimate of drug-likeness (QED) is 0.331. The molecule has 2 heterocycles. The summed E-state index contributed by atoms with van der Waals surface area (Å²) in [5.41, 5.74) is 2.82. The van der Waals surface area contributed by atoms with Crippen molar-refractivity contribution in [1.29, 1.82) is 0 Å². The maximum absolute atomic E-state index is 13.3. The van der Waals surface area contributed by atoms with Crippen LogP contribution in [0, 0.1) is 0 Å². The van der Waals surface area contributed by atoms with E-state index in [0.29, 0.717) is 16.9 Å². The fraction of sp³-hybridized carbons (Fsp3) is 0.280. The van der Waals surface area contributed by atoms with Crippen molar-refractivity contribution in [2.24, 2.45) is 7.05 Å². The van der Waals surface area contributed by atoms with E-state index in [-0.39, 0.29) is 39.6 Å². The van der Waals surface area contributed by atoms with Crippen LogP contribution in [0.15, 0.2) is 59.8 Å². The Balaban J connectivity index is 1.45. The molecule has 0 aliphatic heterocycles. The lowest BCUT2D eigenvalue weighted by atomic mass is 10.1. The number of rotatable bonds is 9. The van der Waals surface area contributed by atoms with E-state index in [4.69, 9.17) is 16.3 Å². The Morgan fingerprint density at radius 2 is 2.03 bits per heavy atom. The van der Waals surface area contributed by atoms with E-state index in [2.05, 4.69) is 15.4 Å². The van der Waals surface area contributed by atoms with E-state index in [0.717, 1.165) is 12.1 Å². The van der Waals surface area contributed by atoms with Gasteiger partial charge in [-0.15, -0.1) is 5.10 Å². The van der Waals surface area contributed by atoms with Gasteiger partial charge >= 0.3 is 5.97 Å². The second kappa shape index (κ2) is 9.86. The Morgan fingerprint density at radius 3 is 2.71 bits per heavy atom. The summed E-state index contributed by atoms with van der Waals surface area (Å²) < 4.78 is 36.3. The molecule has 11 nitrogen and oxygen atoms in total. The highest BCUT2D eigenvalue weighted by Crippen LogP contribution is 2.55. The Kier molecular flexibility index (Phi) is 6.72.